The van der Waals surface area contributed by atoms with Gasteiger partial charge in [0.25, 0.3) is 5.91 Å². The van der Waals surface area contributed by atoms with E-state index in [9.17, 15) is 14.7 Å². The molecule has 8 nitrogen and oxygen atoms in total. The van der Waals surface area contributed by atoms with Crippen LogP contribution in [0.2, 0.25) is 5.02 Å². The van der Waals surface area contributed by atoms with Gasteiger partial charge < -0.3 is 20.1 Å². The van der Waals surface area contributed by atoms with Crippen molar-refractivity contribution in [2.45, 2.75) is 63.8 Å². The van der Waals surface area contributed by atoms with Crippen LogP contribution in [0.5, 0.6) is 5.75 Å². The Hall–Kier alpha value is -2.94. The molecule has 1 saturated carbocycles. The second-order valence-electron chi connectivity index (χ2n) is 10.3. The maximum Gasteiger partial charge on any atom is 0.292 e. The highest BCUT2D eigenvalue weighted by Crippen LogP contribution is 2.34. The molecule has 2 heterocycles. The van der Waals surface area contributed by atoms with E-state index < -0.39 is 23.8 Å². The lowest BCUT2D eigenvalue weighted by molar-refractivity contribution is -0.118. The van der Waals surface area contributed by atoms with Crippen LogP contribution in [-0.4, -0.2) is 63.3 Å². The number of fused-ring (bicyclic) bond motifs is 1. The van der Waals surface area contributed by atoms with Crippen LogP contribution in [0, 0.1) is 0 Å². The monoisotopic (exact) mass is 524 g/mol. The van der Waals surface area contributed by atoms with E-state index in [0.29, 0.717) is 28.4 Å². The smallest absolute Gasteiger partial charge is 0.292 e. The van der Waals surface area contributed by atoms with Gasteiger partial charge in [0.05, 0.1) is 22.7 Å². The van der Waals surface area contributed by atoms with Gasteiger partial charge in [0.15, 0.2) is 0 Å². The van der Waals surface area contributed by atoms with Crippen LogP contribution in [0.15, 0.2) is 42.6 Å². The maximum atomic E-state index is 13.1. The van der Waals surface area contributed by atoms with E-state index in [1.54, 1.807) is 36.4 Å². The Labute approximate surface area is 221 Å². The lowest BCUT2D eigenvalue weighted by Gasteiger charge is -2.28. The number of hydrogen-bond donors (Lipinski definition) is 2. The number of nitrogens with one attached hydrogen (secondary N) is 1. The van der Waals surface area contributed by atoms with E-state index in [1.165, 1.54) is 0 Å². The molecule has 2 fully saturated rings. The molecule has 1 saturated heterocycles. The molecule has 2 aliphatic rings. The van der Waals surface area contributed by atoms with Gasteiger partial charge in [0.2, 0.25) is 5.78 Å². The third-order valence-corrected chi connectivity index (χ3v) is 7.28. The van der Waals surface area contributed by atoms with Crippen LogP contribution in [0.3, 0.4) is 0 Å². The largest absolute Gasteiger partial charge is 0.489 e. The zero-order valence-corrected chi connectivity index (χ0v) is 21.9. The summed E-state index contributed by atoms with van der Waals surface area (Å²) in [5.41, 5.74) is 1.48. The number of ketones is 1. The highest BCUT2D eigenvalue weighted by atomic mass is 35.5. The molecule has 3 aromatic rings. The highest BCUT2D eigenvalue weighted by molar-refractivity contribution is 6.43. The molecule has 2 atom stereocenters. The van der Waals surface area contributed by atoms with Gasteiger partial charge in [-0.25, -0.2) is 0 Å². The number of aliphatic hydroxyl groups is 1. The first-order valence-electron chi connectivity index (χ1n) is 13.0. The molecule has 0 bridgehead atoms. The van der Waals surface area contributed by atoms with Gasteiger partial charge in [-0.1, -0.05) is 29.8 Å². The number of aromatic nitrogens is 2. The summed E-state index contributed by atoms with van der Waals surface area (Å²) in [6.45, 7) is 6.25. The molecule has 2 aromatic carbocycles. The van der Waals surface area contributed by atoms with Gasteiger partial charge in [-0.15, -0.1) is 0 Å². The summed E-state index contributed by atoms with van der Waals surface area (Å²) in [5, 5.41) is 19.9. The molecule has 5 rings (SSSR count). The standard InChI is InChI=1S/C28H33ClN4O4/c1-17(2)33-15-20-6-5-19(14-23(20)31-33)27(35)28(36)30-24(16-32-11-3-4-12-32)26(34)18-7-10-25(22(29)13-18)37-21-8-9-21/h5-7,10,13-15,17,21,24,26,34H,3-4,8-9,11-12,16H2,1-2H3,(H,30,36). The number of benzene rings is 2. The number of likely N-dealkylation sites (tertiary alicyclic amines) is 1. The summed E-state index contributed by atoms with van der Waals surface area (Å²) < 4.78 is 7.63. The average molecular weight is 525 g/mol. The van der Waals surface area contributed by atoms with E-state index in [0.717, 1.165) is 44.2 Å². The van der Waals surface area contributed by atoms with Crippen LogP contribution >= 0.6 is 11.6 Å². The van der Waals surface area contributed by atoms with Crippen LogP contribution in [0.1, 0.15) is 67.6 Å². The minimum Gasteiger partial charge on any atom is -0.489 e. The summed E-state index contributed by atoms with van der Waals surface area (Å²) in [6, 6.07) is 9.76. The van der Waals surface area contributed by atoms with Crippen LogP contribution in [-0.2, 0) is 4.79 Å². The maximum absolute atomic E-state index is 13.1. The molecule has 2 unspecified atom stereocenters. The number of halogens is 1. The van der Waals surface area contributed by atoms with Crippen molar-refractivity contribution in [2.24, 2.45) is 0 Å². The van der Waals surface area contributed by atoms with Gasteiger partial charge in [0.1, 0.15) is 11.9 Å². The van der Waals surface area contributed by atoms with Crippen LogP contribution < -0.4 is 10.1 Å². The number of hydrogen-bond acceptors (Lipinski definition) is 6. The normalized spacial score (nSPS) is 17.8. The fourth-order valence-corrected chi connectivity index (χ4v) is 4.90. The van der Waals surface area contributed by atoms with Gasteiger partial charge >= 0.3 is 0 Å². The predicted octanol–water partition coefficient (Wildman–Crippen LogP) is 4.31. The number of nitrogens with zero attached hydrogens (tertiary/aromatic N) is 3. The van der Waals surface area contributed by atoms with Crippen molar-refractivity contribution in [3.63, 3.8) is 0 Å². The van der Waals surface area contributed by atoms with E-state index in [4.69, 9.17) is 16.3 Å². The van der Waals surface area contributed by atoms with Crippen LogP contribution in [0.4, 0.5) is 0 Å². The third kappa shape index (κ3) is 5.98. The molecule has 1 amide bonds. The van der Waals surface area contributed by atoms with Gasteiger partial charge in [-0.2, -0.15) is 5.10 Å². The molecular formula is C28H33ClN4O4. The van der Waals surface area contributed by atoms with Crippen molar-refractivity contribution >= 4 is 34.2 Å². The second-order valence-corrected chi connectivity index (χ2v) is 10.8. The third-order valence-electron chi connectivity index (χ3n) is 6.99. The number of aliphatic hydroxyl groups excluding tert-OH is 1. The molecule has 0 spiro atoms. The summed E-state index contributed by atoms with van der Waals surface area (Å²) in [4.78, 5) is 28.4. The highest BCUT2D eigenvalue weighted by Gasteiger charge is 2.30. The molecule has 196 valence electrons. The lowest BCUT2D eigenvalue weighted by Crippen LogP contribution is -2.48. The summed E-state index contributed by atoms with van der Waals surface area (Å²) in [7, 11) is 0. The average Bonchev–Trinajstić information content (AvgIpc) is 3.36. The minimum atomic E-state index is -1.05. The Morgan fingerprint density at radius 3 is 2.59 bits per heavy atom. The molecule has 0 radical (unpaired) electrons. The number of carbonyl (C=O) groups is 2. The predicted molar refractivity (Wildman–Crippen MR) is 142 cm³/mol. The summed E-state index contributed by atoms with van der Waals surface area (Å²) >= 11 is 6.43. The van der Waals surface area contributed by atoms with Gasteiger partial charge in [-0.3, -0.25) is 14.3 Å². The zero-order chi connectivity index (χ0) is 26.1. The van der Waals surface area contributed by atoms with Crippen molar-refractivity contribution in [3.8, 4) is 5.75 Å². The Morgan fingerprint density at radius 1 is 1.16 bits per heavy atom. The zero-order valence-electron chi connectivity index (χ0n) is 21.2. The topological polar surface area (TPSA) is 96.7 Å². The molecule has 9 heteroatoms. The SMILES string of the molecule is CC(C)n1cc2ccc(C(=O)C(=O)NC(CN3CCCC3)C(O)c3ccc(OC4CC4)c(Cl)c3)cc2n1. The molecule has 2 N–H and O–H groups in total. The van der Waals surface area contributed by atoms with Gasteiger partial charge in [0, 0.05) is 29.7 Å². The van der Waals surface area contributed by atoms with Crippen molar-refractivity contribution in [2.75, 3.05) is 19.6 Å². The van der Waals surface area contributed by atoms with Crippen molar-refractivity contribution in [1.29, 1.82) is 0 Å². The number of Topliss-reactive ketones (excluding diaryl/α,β-unsaturated/α-hetero) is 1. The quantitative estimate of drug-likeness (QED) is 0.303. The molecular weight excluding hydrogens is 492 g/mol. The van der Waals surface area contributed by atoms with Crippen molar-refractivity contribution in [3.05, 3.63) is 58.7 Å². The number of amides is 1. The number of carbonyl (C=O) groups excluding carboxylic acids is 2. The summed E-state index contributed by atoms with van der Waals surface area (Å²) in [5.74, 6) is -0.831. The first kappa shape index (κ1) is 25.7. The van der Waals surface area contributed by atoms with Crippen molar-refractivity contribution in [1.82, 2.24) is 20.0 Å². The molecule has 1 aliphatic heterocycles. The Kier molecular flexibility index (Phi) is 7.51. The van der Waals surface area contributed by atoms with E-state index >= 15 is 0 Å². The first-order chi connectivity index (χ1) is 17.8. The fourth-order valence-electron chi connectivity index (χ4n) is 4.67. The second kappa shape index (κ2) is 10.8. The minimum absolute atomic E-state index is 0.186. The Bertz CT molecular complexity index is 1300. The lowest BCUT2D eigenvalue weighted by atomic mass is 10.0. The molecule has 37 heavy (non-hydrogen) atoms. The Morgan fingerprint density at radius 2 is 1.92 bits per heavy atom. The Balaban J connectivity index is 1.33. The van der Waals surface area contributed by atoms with Gasteiger partial charge in [-0.05, 0) is 76.4 Å². The number of ether oxygens (including phenoxy) is 1. The fraction of sp³-hybridized carbons (Fsp3) is 0.464. The number of rotatable bonds is 10. The molecule has 1 aliphatic carbocycles. The summed E-state index contributed by atoms with van der Waals surface area (Å²) in [6.07, 6.45) is 5.25. The van der Waals surface area contributed by atoms with E-state index in [1.807, 2.05) is 24.7 Å². The van der Waals surface area contributed by atoms with E-state index in [-0.39, 0.29) is 17.7 Å². The van der Waals surface area contributed by atoms with Crippen LogP contribution in [0.25, 0.3) is 10.9 Å². The molecule has 1 aromatic heterocycles. The first-order valence-corrected chi connectivity index (χ1v) is 13.4. The van der Waals surface area contributed by atoms with E-state index in [2.05, 4.69) is 15.3 Å². The van der Waals surface area contributed by atoms with Crippen molar-refractivity contribution < 1.29 is 19.4 Å².